The first-order chi connectivity index (χ1) is 9.21. The lowest BCUT2D eigenvalue weighted by molar-refractivity contribution is -0.466. The zero-order chi connectivity index (χ0) is 14.7. The van der Waals surface area contributed by atoms with E-state index in [1.54, 1.807) is 17.5 Å². The van der Waals surface area contributed by atoms with Crippen LogP contribution in [0.4, 0.5) is 0 Å². The van der Waals surface area contributed by atoms with Gasteiger partial charge in [0.15, 0.2) is 0 Å². The highest BCUT2D eigenvalue weighted by molar-refractivity contribution is 7.09. The zero-order valence-corrected chi connectivity index (χ0v) is 13.3. The van der Waals surface area contributed by atoms with Gasteiger partial charge in [0, 0.05) is 32.7 Å². The van der Waals surface area contributed by atoms with E-state index in [0.717, 1.165) is 20.0 Å². The molecule has 1 unspecified atom stereocenters. The maximum absolute atomic E-state index is 11.8. The SMILES string of the molecule is CC1C=c2scc(B3OC(C)(C)C(C)(C)O3)c2=C[N+]1=O. The Kier molecular flexibility index (Phi) is 2.98. The fourth-order valence-corrected chi connectivity index (χ4v) is 3.42. The summed E-state index contributed by atoms with van der Waals surface area (Å²) in [6, 6.07) is -0.118. The highest BCUT2D eigenvalue weighted by Crippen LogP contribution is 2.36. The first-order valence-corrected chi connectivity index (χ1v) is 7.71. The molecule has 1 atom stereocenters. The van der Waals surface area contributed by atoms with E-state index >= 15 is 0 Å². The van der Waals surface area contributed by atoms with Gasteiger partial charge in [0.05, 0.1) is 16.4 Å². The van der Waals surface area contributed by atoms with Gasteiger partial charge in [-0.25, -0.2) is 0 Å². The third kappa shape index (κ3) is 1.98. The van der Waals surface area contributed by atoms with Crippen LogP contribution in [0.3, 0.4) is 0 Å². The van der Waals surface area contributed by atoms with Crippen LogP contribution in [-0.2, 0) is 9.31 Å². The van der Waals surface area contributed by atoms with E-state index in [-0.39, 0.29) is 17.2 Å². The second kappa shape index (κ2) is 4.26. The van der Waals surface area contributed by atoms with Crippen LogP contribution in [0.2, 0.25) is 0 Å². The Hall–Kier alpha value is -0.975. The van der Waals surface area contributed by atoms with Crippen LogP contribution < -0.4 is 15.2 Å². The van der Waals surface area contributed by atoms with Gasteiger partial charge in [0.2, 0.25) is 12.2 Å². The van der Waals surface area contributed by atoms with Crippen molar-refractivity contribution in [3.05, 3.63) is 20.0 Å². The Bertz CT molecular complexity index is 676. The van der Waals surface area contributed by atoms with Crippen molar-refractivity contribution >= 4 is 36.2 Å². The minimum absolute atomic E-state index is 0.118. The van der Waals surface area contributed by atoms with Crippen molar-refractivity contribution < 1.29 is 14.1 Å². The Morgan fingerprint density at radius 2 is 1.85 bits per heavy atom. The zero-order valence-electron chi connectivity index (χ0n) is 12.5. The standard InChI is InChI=1S/C14H19BNO3S/c1-9-6-12-10(7-16(9)17)11(8-20-12)15-18-13(2,3)14(4,5)19-15/h6-9H,1-5H3/q+1. The predicted molar refractivity (Wildman–Crippen MR) is 81.3 cm³/mol. The molecule has 0 spiro atoms. The van der Waals surface area contributed by atoms with Crippen LogP contribution >= 0.6 is 11.3 Å². The van der Waals surface area contributed by atoms with Crippen LogP contribution in [0.1, 0.15) is 34.6 Å². The van der Waals surface area contributed by atoms with E-state index in [1.165, 1.54) is 0 Å². The predicted octanol–water partition coefficient (Wildman–Crippen LogP) is 0.747. The van der Waals surface area contributed by atoms with Gasteiger partial charge in [0.1, 0.15) is 0 Å². The van der Waals surface area contributed by atoms with Gasteiger partial charge in [0.25, 0.3) is 0 Å². The Morgan fingerprint density at radius 3 is 2.45 bits per heavy atom. The van der Waals surface area contributed by atoms with Gasteiger partial charge in [-0.2, -0.15) is 0 Å². The summed E-state index contributed by atoms with van der Waals surface area (Å²) in [5.41, 5.74) is 0.220. The number of thiophene rings is 1. The molecule has 0 aliphatic carbocycles. The van der Waals surface area contributed by atoms with Gasteiger partial charge >= 0.3 is 7.12 Å². The molecule has 0 saturated carbocycles. The largest absolute Gasteiger partial charge is 0.496 e. The monoisotopic (exact) mass is 292 g/mol. The number of hydrogen-bond donors (Lipinski definition) is 0. The summed E-state index contributed by atoms with van der Waals surface area (Å²) in [5, 5.41) is 2.97. The van der Waals surface area contributed by atoms with Crippen molar-refractivity contribution in [1.29, 1.82) is 0 Å². The molecule has 6 heteroatoms. The molecule has 0 bridgehead atoms. The van der Waals surface area contributed by atoms with E-state index in [0.29, 0.717) is 0 Å². The molecular formula is C14H19BNO3S+. The molecule has 1 aromatic heterocycles. The molecule has 1 aromatic rings. The van der Waals surface area contributed by atoms with Crippen molar-refractivity contribution in [2.24, 2.45) is 0 Å². The lowest BCUT2D eigenvalue weighted by atomic mass is 9.80. The molecule has 3 heterocycles. The number of nitrogens with zero attached hydrogens (tertiary/aromatic N) is 1. The van der Waals surface area contributed by atoms with Crippen molar-refractivity contribution in [2.45, 2.75) is 51.9 Å². The highest BCUT2D eigenvalue weighted by atomic mass is 32.1. The van der Waals surface area contributed by atoms with Crippen LogP contribution in [0.5, 0.6) is 0 Å². The van der Waals surface area contributed by atoms with E-state index in [9.17, 15) is 4.91 Å². The third-order valence-electron chi connectivity index (χ3n) is 4.45. The Labute approximate surface area is 122 Å². The molecule has 1 fully saturated rings. The fraction of sp³-hybridized carbons (Fsp3) is 0.571. The molecule has 106 valence electrons. The summed E-state index contributed by atoms with van der Waals surface area (Å²) in [7, 11) is -0.411. The molecule has 3 rings (SSSR count). The third-order valence-corrected chi connectivity index (χ3v) is 5.43. The van der Waals surface area contributed by atoms with Crippen molar-refractivity contribution in [1.82, 2.24) is 0 Å². The van der Waals surface area contributed by atoms with Crippen LogP contribution in [0.15, 0.2) is 5.38 Å². The van der Waals surface area contributed by atoms with Crippen LogP contribution in [0.25, 0.3) is 12.3 Å². The van der Waals surface area contributed by atoms with Crippen LogP contribution in [-0.4, -0.2) is 29.1 Å². The fourth-order valence-electron chi connectivity index (χ4n) is 2.35. The van der Waals surface area contributed by atoms with Gasteiger partial charge in [-0.05, 0) is 33.1 Å². The molecule has 0 amide bonds. The minimum Gasteiger partial charge on any atom is -0.399 e. The lowest BCUT2D eigenvalue weighted by Crippen LogP contribution is -2.48. The average molecular weight is 292 g/mol. The summed E-state index contributed by atoms with van der Waals surface area (Å²) in [5.74, 6) is 0. The van der Waals surface area contributed by atoms with E-state index < -0.39 is 7.12 Å². The van der Waals surface area contributed by atoms with Crippen molar-refractivity contribution in [2.75, 3.05) is 0 Å². The van der Waals surface area contributed by atoms with E-state index in [4.69, 9.17) is 9.31 Å². The molecular weight excluding hydrogens is 273 g/mol. The number of rotatable bonds is 1. The van der Waals surface area contributed by atoms with Crippen molar-refractivity contribution in [3.63, 3.8) is 0 Å². The number of hydrogen-bond acceptors (Lipinski definition) is 4. The second-order valence-corrected chi connectivity index (χ2v) is 7.36. The van der Waals surface area contributed by atoms with Gasteiger partial charge in [-0.3, -0.25) is 0 Å². The Balaban J connectivity index is 2.06. The highest BCUT2D eigenvalue weighted by Gasteiger charge is 2.52. The number of nitroso groups, excluding NO2 is 1. The number of fused-ring (bicyclic) bond motifs is 1. The quantitative estimate of drug-likeness (QED) is 0.566. The summed E-state index contributed by atoms with van der Waals surface area (Å²) in [4.78, 5) is 11.8. The summed E-state index contributed by atoms with van der Waals surface area (Å²) < 4.78 is 14.2. The average Bonchev–Trinajstić information content (AvgIpc) is 2.79. The van der Waals surface area contributed by atoms with Crippen LogP contribution in [0, 0.1) is 4.91 Å². The van der Waals surface area contributed by atoms with E-state index in [1.807, 2.05) is 46.1 Å². The smallest absolute Gasteiger partial charge is 0.399 e. The minimum atomic E-state index is -0.411. The molecule has 1 saturated heterocycles. The first kappa shape index (κ1) is 14.0. The van der Waals surface area contributed by atoms with Crippen molar-refractivity contribution in [3.8, 4) is 0 Å². The molecule has 0 aromatic carbocycles. The van der Waals surface area contributed by atoms with Gasteiger partial charge < -0.3 is 9.31 Å². The Morgan fingerprint density at radius 1 is 1.25 bits per heavy atom. The maximum Gasteiger partial charge on any atom is 0.496 e. The van der Waals surface area contributed by atoms with E-state index in [2.05, 4.69) is 0 Å². The van der Waals surface area contributed by atoms with Gasteiger partial charge in [-0.1, -0.05) is 0 Å². The molecule has 2 aliphatic rings. The second-order valence-electron chi connectivity index (χ2n) is 6.45. The first-order valence-electron chi connectivity index (χ1n) is 6.83. The summed E-state index contributed by atoms with van der Waals surface area (Å²) in [6.45, 7) is 10.0. The molecule has 2 aliphatic heterocycles. The summed E-state index contributed by atoms with van der Waals surface area (Å²) >= 11 is 1.63. The molecule has 0 N–H and O–H groups in total. The maximum atomic E-state index is 11.8. The lowest BCUT2D eigenvalue weighted by Gasteiger charge is -2.32. The molecule has 0 radical (unpaired) electrons. The summed E-state index contributed by atoms with van der Waals surface area (Å²) in [6.07, 6.45) is 3.64. The normalized spacial score (nSPS) is 26.9. The molecule has 4 nitrogen and oxygen atoms in total. The van der Waals surface area contributed by atoms with Gasteiger partial charge in [-0.15, -0.1) is 11.3 Å². The molecule has 20 heavy (non-hydrogen) atoms. The topological polar surface area (TPSA) is 38.5 Å².